The molecular weight excluding hydrogens is 264 g/mol. The van der Waals surface area contributed by atoms with E-state index in [0.717, 1.165) is 43.1 Å². The molecule has 0 aliphatic heterocycles. The van der Waals surface area contributed by atoms with Crippen molar-refractivity contribution in [2.24, 2.45) is 5.92 Å². The fourth-order valence-corrected chi connectivity index (χ4v) is 3.16. The average Bonchev–Trinajstić information content (AvgIpc) is 2.53. The number of carboxylic acids is 1. The Morgan fingerprint density at radius 2 is 2.14 bits per heavy atom. The zero-order valence-corrected chi connectivity index (χ0v) is 12.0. The highest BCUT2D eigenvalue weighted by Crippen LogP contribution is 2.25. The SMILES string of the molecule is O=C(O)C1CCCC(NCc2ccnc3ccccc23)C1. The van der Waals surface area contributed by atoms with Crippen molar-refractivity contribution < 1.29 is 9.90 Å². The number of para-hydroxylation sites is 1. The Kier molecular flexibility index (Phi) is 4.15. The lowest BCUT2D eigenvalue weighted by molar-refractivity contribution is -0.143. The van der Waals surface area contributed by atoms with Crippen molar-refractivity contribution in [2.45, 2.75) is 38.3 Å². The fourth-order valence-electron chi connectivity index (χ4n) is 3.16. The largest absolute Gasteiger partial charge is 0.481 e. The van der Waals surface area contributed by atoms with Crippen LogP contribution in [0.4, 0.5) is 0 Å². The van der Waals surface area contributed by atoms with Crippen LogP contribution >= 0.6 is 0 Å². The molecule has 0 saturated heterocycles. The van der Waals surface area contributed by atoms with E-state index in [0.29, 0.717) is 6.04 Å². The molecule has 21 heavy (non-hydrogen) atoms. The number of benzene rings is 1. The molecule has 0 bridgehead atoms. The maximum Gasteiger partial charge on any atom is 0.306 e. The van der Waals surface area contributed by atoms with Gasteiger partial charge < -0.3 is 10.4 Å². The maximum atomic E-state index is 11.1. The summed E-state index contributed by atoms with van der Waals surface area (Å²) in [6.45, 7) is 0.764. The molecule has 2 atom stereocenters. The van der Waals surface area contributed by atoms with E-state index in [1.54, 1.807) is 0 Å². The highest BCUT2D eigenvalue weighted by molar-refractivity contribution is 5.81. The number of carbonyl (C=O) groups is 1. The molecule has 4 nitrogen and oxygen atoms in total. The number of hydrogen-bond donors (Lipinski definition) is 2. The number of hydrogen-bond acceptors (Lipinski definition) is 3. The van der Waals surface area contributed by atoms with Crippen LogP contribution in [-0.4, -0.2) is 22.1 Å². The lowest BCUT2D eigenvalue weighted by atomic mass is 9.85. The minimum atomic E-state index is -0.657. The first kappa shape index (κ1) is 14.0. The Morgan fingerprint density at radius 3 is 3.00 bits per heavy atom. The van der Waals surface area contributed by atoms with Crippen molar-refractivity contribution in [2.75, 3.05) is 0 Å². The molecule has 1 aromatic carbocycles. The molecule has 1 heterocycles. The monoisotopic (exact) mass is 284 g/mol. The van der Waals surface area contributed by atoms with Gasteiger partial charge in [-0.2, -0.15) is 0 Å². The first-order valence-electron chi connectivity index (χ1n) is 7.53. The Balaban J connectivity index is 1.68. The van der Waals surface area contributed by atoms with Gasteiger partial charge in [0.1, 0.15) is 0 Å². The van der Waals surface area contributed by atoms with Crippen LogP contribution in [-0.2, 0) is 11.3 Å². The summed E-state index contributed by atoms with van der Waals surface area (Å²) in [7, 11) is 0. The summed E-state index contributed by atoms with van der Waals surface area (Å²) in [6, 6.07) is 10.4. The third-order valence-corrected chi connectivity index (χ3v) is 4.34. The first-order chi connectivity index (χ1) is 10.2. The van der Waals surface area contributed by atoms with Gasteiger partial charge in [-0.15, -0.1) is 0 Å². The molecule has 2 N–H and O–H groups in total. The normalized spacial score (nSPS) is 22.3. The van der Waals surface area contributed by atoms with Gasteiger partial charge in [0.2, 0.25) is 0 Å². The van der Waals surface area contributed by atoms with Crippen LogP contribution in [0.25, 0.3) is 10.9 Å². The predicted octanol–water partition coefficient (Wildman–Crippen LogP) is 2.97. The number of nitrogens with zero attached hydrogens (tertiary/aromatic N) is 1. The predicted molar refractivity (Wildman–Crippen MR) is 82.0 cm³/mol. The molecule has 0 radical (unpaired) electrons. The van der Waals surface area contributed by atoms with Crippen LogP contribution in [0.5, 0.6) is 0 Å². The maximum absolute atomic E-state index is 11.1. The molecule has 4 heteroatoms. The van der Waals surface area contributed by atoms with E-state index < -0.39 is 5.97 Å². The average molecular weight is 284 g/mol. The van der Waals surface area contributed by atoms with Gasteiger partial charge in [0.05, 0.1) is 11.4 Å². The lowest BCUT2D eigenvalue weighted by Crippen LogP contribution is -2.36. The van der Waals surface area contributed by atoms with Gasteiger partial charge in [0, 0.05) is 24.2 Å². The van der Waals surface area contributed by atoms with Crippen molar-refractivity contribution in [3.8, 4) is 0 Å². The van der Waals surface area contributed by atoms with Gasteiger partial charge in [-0.3, -0.25) is 9.78 Å². The molecule has 110 valence electrons. The number of carboxylic acid groups (broad SMARTS) is 1. The topological polar surface area (TPSA) is 62.2 Å². The number of rotatable bonds is 4. The first-order valence-corrected chi connectivity index (χ1v) is 7.53. The second-order valence-electron chi connectivity index (χ2n) is 5.77. The van der Waals surface area contributed by atoms with Crippen LogP contribution in [0.2, 0.25) is 0 Å². The minimum absolute atomic E-state index is 0.189. The second kappa shape index (κ2) is 6.22. The number of aliphatic carboxylic acids is 1. The summed E-state index contributed by atoms with van der Waals surface area (Å²) in [5.74, 6) is -0.846. The second-order valence-corrected chi connectivity index (χ2v) is 5.77. The quantitative estimate of drug-likeness (QED) is 0.906. The van der Waals surface area contributed by atoms with E-state index in [-0.39, 0.29) is 5.92 Å². The number of pyridine rings is 1. The molecule has 1 saturated carbocycles. The van der Waals surface area contributed by atoms with Crippen LogP contribution in [0, 0.1) is 5.92 Å². The zero-order valence-electron chi connectivity index (χ0n) is 12.0. The van der Waals surface area contributed by atoms with Crippen LogP contribution in [0.3, 0.4) is 0 Å². The van der Waals surface area contributed by atoms with Crippen molar-refractivity contribution in [1.29, 1.82) is 0 Å². The van der Waals surface area contributed by atoms with Gasteiger partial charge >= 0.3 is 5.97 Å². The van der Waals surface area contributed by atoms with Gasteiger partial charge in [-0.05, 0) is 37.0 Å². The standard InChI is InChI=1S/C17H20N2O2/c20-17(21)12-4-3-5-14(10-12)19-11-13-8-9-18-16-7-2-1-6-15(13)16/h1-2,6-9,12,14,19H,3-5,10-11H2,(H,20,21). The highest BCUT2D eigenvalue weighted by Gasteiger charge is 2.26. The number of aromatic nitrogens is 1. The van der Waals surface area contributed by atoms with E-state index in [4.69, 9.17) is 5.11 Å². The summed E-state index contributed by atoms with van der Waals surface area (Å²) < 4.78 is 0. The van der Waals surface area contributed by atoms with E-state index in [2.05, 4.69) is 16.4 Å². The van der Waals surface area contributed by atoms with Crippen LogP contribution in [0.15, 0.2) is 36.5 Å². The van der Waals surface area contributed by atoms with Crippen molar-refractivity contribution in [3.05, 3.63) is 42.1 Å². The van der Waals surface area contributed by atoms with Crippen molar-refractivity contribution in [1.82, 2.24) is 10.3 Å². The van der Waals surface area contributed by atoms with Crippen LogP contribution < -0.4 is 5.32 Å². The molecule has 2 unspecified atom stereocenters. The zero-order chi connectivity index (χ0) is 14.7. The third-order valence-electron chi connectivity index (χ3n) is 4.34. The molecular formula is C17H20N2O2. The molecule has 0 spiro atoms. The Bertz CT molecular complexity index is 636. The Labute approximate surface area is 124 Å². The molecule has 1 aromatic heterocycles. The Hall–Kier alpha value is -1.94. The van der Waals surface area contributed by atoms with Crippen molar-refractivity contribution >= 4 is 16.9 Å². The molecule has 2 aromatic rings. The number of nitrogens with one attached hydrogen (secondary N) is 1. The Morgan fingerprint density at radius 1 is 1.29 bits per heavy atom. The number of fused-ring (bicyclic) bond motifs is 1. The van der Waals surface area contributed by atoms with E-state index >= 15 is 0 Å². The molecule has 3 rings (SSSR count). The van der Waals surface area contributed by atoms with Gasteiger partial charge in [0.25, 0.3) is 0 Å². The summed E-state index contributed by atoms with van der Waals surface area (Å²) >= 11 is 0. The smallest absolute Gasteiger partial charge is 0.306 e. The van der Waals surface area contributed by atoms with E-state index in [1.165, 1.54) is 5.56 Å². The van der Waals surface area contributed by atoms with Gasteiger partial charge in [0.15, 0.2) is 0 Å². The lowest BCUT2D eigenvalue weighted by Gasteiger charge is -2.27. The van der Waals surface area contributed by atoms with E-state index in [9.17, 15) is 4.79 Å². The van der Waals surface area contributed by atoms with Crippen molar-refractivity contribution in [3.63, 3.8) is 0 Å². The molecule has 1 fully saturated rings. The molecule has 1 aliphatic carbocycles. The van der Waals surface area contributed by atoms with Gasteiger partial charge in [-0.25, -0.2) is 0 Å². The van der Waals surface area contributed by atoms with E-state index in [1.807, 2.05) is 30.5 Å². The fraction of sp³-hybridized carbons (Fsp3) is 0.412. The summed E-state index contributed by atoms with van der Waals surface area (Å²) in [5.41, 5.74) is 2.22. The summed E-state index contributed by atoms with van der Waals surface area (Å²) in [5, 5.41) is 13.8. The highest BCUT2D eigenvalue weighted by atomic mass is 16.4. The van der Waals surface area contributed by atoms with Crippen LogP contribution in [0.1, 0.15) is 31.2 Å². The third kappa shape index (κ3) is 3.22. The molecule has 1 aliphatic rings. The summed E-state index contributed by atoms with van der Waals surface area (Å²) in [4.78, 5) is 15.5. The molecule has 0 amide bonds. The minimum Gasteiger partial charge on any atom is -0.481 e. The summed E-state index contributed by atoms with van der Waals surface area (Å²) in [6.07, 6.45) is 5.43. The van der Waals surface area contributed by atoms with Gasteiger partial charge in [-0.1, -0.05) is 24.6 Å².